The highest BCUT2D eigenvalue weighted by molar-refractivity contribution is 7.16. The monoisotopic (exact) mass is 452 g/mol. The number of rotatable bonds is 15. The number of nitrogens with one attached hydrogen (secondary N) is 2. The lowest BCUT2D eigenvalue weighted by Gasteiger charge is -2.19. The second kappa shape index (κ2) is 15.3. The Morgan fingerprint density at radius 2 is 1.48 bits per heavy atom. The van der Waals surface area contributed by atoms with Crippen molar-refractivity contribution in [3.05, 3.63) is 16.5 Å². The Hall–Kier alpha value is -1.56. The number of carbonyl (C=O) groups is 2. The molecule has 31 heavy (non-hydrogen) atoms. The Morgan fingerprint density at radius 1 is 0.903 bits per heavy atom. The first-order valence-corrected chi connectivity index (χ1v) is 13.0. The Kier molecular flexibility index (Phi) is 13.5. The van der Waals surface area contributed by atoms with Crippen molar-refractivity contribution in [3.63, 3.8) is 0 Å². The average Bonchev–Trinajstić information content (AvgIpc) is 3.08. The number of unbranched alkanes of at least 4 members (excludes halogenated alkanes) is 9. The minimum absolute atomic E-state index is 0.255. The van der Waals surface area contributed by atoms with E-state index in [-0.39, 0.29) is 12.0 Å². The van der Waals surface area contributed by atoms with Crippen molar-refractivity contribution in [2.24, 2.45) is 0 Å². The second-order valence-electron chi connectivity index (χ2n) is 9.27. The van der Waals surface area contributed by atoms with E-state index in [4.69, 9.17) is 4.74 Å². The quantitative estimate of drug-likeness (QED) is 0.212. The molecule has 2 amide bonds. The van der Waals surface area contributed by atoms with Gasteiger partial charge in [-0.25, -0.2) is 9.59 Å². The van der Waals surface area contributed by atoms with Crippen molar-refractivity contribution in [2.75, 3.05) is 11.9 Å². The number of hydrogen-bond acceptors (Lipinski definition) is 4. The van der Waals surface area contributed by atoms with Crippen LogP contribution in [0.5, 0.6) is 0 Å². The fourth-order valence-electron chi connectivity index (χ4n) is 3.30. The predicted octanol–water partition coefficient (Wildman–Crippen LogP) is 7.70. The summed E-state index contributed by atoms with van der Waals surface area (Å²) in [6, 6.07) is 1.64. The zero-order chi connectivity index (χ0) is 23.1. The average molecular weight is 453 g/mol. The van der Waals surface area contributed by atoms with E-state index in [2.05, 4.69) is 24.5 Å². The number of amides is 2. The predicted molar refractivity (Wildman–Crippen MR) is 132 cm³/mol. The zero-order valence-electron chi connectivity index (χ0n) is 20.4. The molecule has 0 saturated carbocycles. The van der Waals surface area contributed by atoms with E-state index in [0.29, 0.717) is 17.1 Å². The van der Waals surface area contributed by atoms with Crippen molar-refractivity contribution < 1.29 is 14.3 Å². The Labute approximate surface area is 193 Å². The van der Waals surface area contributed by atoms with E-state index in [0.717, 1.165) is 30.6 Å². The molecule has 0 aliphatic heterocycles. The highest BCUT2D eigenvalue weighted by atomic mass is 32.1. The summed E-state index contributed by atoms with van der Waals surface area (Å²) in [4.78, 5) is 26.2. The maximum atomic E-state index is 12.7. The molecule has 0 aromatic carbocycles. The molecule has 178 valence electrons. The molecule has 1 aromatic heterocycles. The first-order chi connectivity index (χ1) is 14.8. The molecule has 2 N–H and O–H groups in total. The van der Waals surface area contributed by atoms with Crippen molar-refractivity contribution in [1.29, 1.82) is 0 Å². The van der Waals surface area contributed by atoms with Crippen LogP contribution in [0.25, 0.3) is 0 Å². The molecule has 0 atom stereocenters. The number of ether oxygens (including phenoxy) is 1. The maximum absolute atomic E-state index is 12.7. The molecule has 0 aliphatic carbocycles. The number of urea groups is 1. The Bertz CT molecular complexity index is 650. The van der Waals surface area contributed by atoms with Gasteiger partial charge in [-0.05, 0) is 46.1 Å². The Morgan fingerprint density at radius 3 is 2.10 bits per heavy atom. The lowest BCUT2D eigenvalue weighted by molar-refractivity contribution is 0.00712. The van der Waals surface area contributed by atoms with Gasteiger partial charge < -0.3 is 10.1 Å². The van der Waals surface area contributed by atoms with Crippen LogP contribution in [0.2, 0.25) is 0 Å². The van der Waals surface area contributed by atoms with E-state index < -0.39 is 5.60 Å². The number of carbonyl (C=O) groups excluding carboxylic acids is 2. The summed E-state index contributed by atoms with van der Waals surface area (Å²) < 4.78 is 5.56. The van der Waals surface area contributed by atoms with E-state index in [1.165, 1.54) is 62.7 Å². The van der Waals surface area contributed by atoms with E-state index in [9.17, 15) is 9.59 Å². The highest BCUT2D eigenvalue weighted by Gasteiger charge is 2.23. The molecule has 1 aromatic rings. The summed E-state index contributed by atoms with van der Waals surface area (Å²) in [7, 11) is 0. The molecular formula is C25H44N2O3S. The first-order valence-electron chi connectivity index (χ1n) is 12.2. The van der Waals surface area contributed by atoms with Gasteiger partial charge in [0.15, 0.2) is 0 Å². The van der Waals surface area contributed by atoms with Gasteiger partial charge in [0.25, 0.3) is 0 Å². The minimum Gasteiger partial charge on any atom is -0.456 e. The number of anilines is 1. The van der Waals surface area contributed by atoms with Crippen LogP contribution in [0.3, 0.4) is 0 Å². The molecule has 1 heterocycles. The normalized spacial score (nSPS) is 11.4. The lowest BCUT2D eigenvalue weighted by atomic mass is 10.1. The molecule has 5 nitrogen and oxygen atoms in total. The van der Waals surface area contributed by atoms with Crippen LogP contribution in [0, 0.1) is 0 Å². The summed E-state index contributed by atoms with van der Waals surface area (Å²) in [5.41, 5.74) is -0.116. The fourth-order valence-corrected chi connectivity index (χ4v) is 4.38. The summed E-state index contributed by atoms with van der Waals surface area (Å²) in [6.45, 7) is 10.6. The van der Waals surface area contributed by atoms with Crippen molar-refractivity contribution >= 4 is 28.3 Å². The molecule has 0 spiro atoms. The largest absolute Gasteiger partial charge is 0.456 e. The standard InChI is InChI=1S/C25H44N2O3S/c1-6-8-10-12-14-16-18-26-24(29)27-22-21(23(28)30-25(3,4)5)19-20(31-22)17-15-13-11-9-7-2/h19H,6-18H2,1-5H3,(H2,26,27,29). The third kappa shape index (κ3) is 12.8. The molecule has 6 heteroatoms. The van der Waals surface area contributed by atoms with Crippen LogP contribution in [-0.2, 0) is 11.2 Å². The molecule has 0 fully saturated rings. The summed E-state index contributed by atoms with van der Waals surface area (Å²) in [6.07, 6.45) is 14.0. The summed E-state index contributed by atoms with van der Waals surface area (Å²) >= 11 is 1.49. The van der Waals surface area contributed by atoms with E-state index in [1.807, 2.05) is 26.8 Å². The molecular weight excluding hydrogens is 408 g/mol. The third-order valence-corrected chi connectivity index (χ3v) is 6.08. The smallest absolute Gasteiger partial charge is 0.341 e. The van der Waals surface area contributed by atoms with Gasteiger partial charge in [-0.3, -0.25) is 5.32 Å². The van der Waals surface area contributed by atoms with Crippen LogP contribution >= 0.6 is 11.3 Å². The summed E-state index contributed by atoms with van der Waals surface area (Å²) in [5.74, 6) is -0.382. The van der Waals surface area contributed by atoms with Crippen molar-refractivity contribution in [2.45, 2.75) is 117 Å². The maximum Gasteiger partial charge on any atom is 0.341 e. The minimum atomic E-state index is -0.573. The van der Waals surface area contributed by atoms with Gasteiger partial charge in [0.2, 0.25) is 0 Å². The second-order valence-corrected chi connectivity index (χ2v) is 10.4. The van der Waals surface area contributed by atoms with Crippen LogP contribution in [0.4, 0.5) is 9.80 Å². The van der Waals surface area contributed by atoms with Crippen molar-refractivity contribution in [3.8, 4) is 0 Å². The molecule has 1 rings (SSSR count). The molecule has 0 unspecified atom stereocenters. The van der Waals surface area contributed by atoms with Gasteiger partial charge >= 0.3 is 12.0 Å². The van der Waals surface area contributed by atoms with E-state index >= 15 is 0 Å². The van der Waals surface area contributed by atoms with Crippen LogP contribution in [0.1, 0.15) is 120 Å². The van der Waals surface area contributed by atoms with Gasteiger partial charge in [-0.1, -0.05) is 71.6 Å². The zero-order valence-corrected chi connectivity index (χ0v) is 21.2. The van der Waals surface area contributed by atoms with Gasteiger partial charge in [-0.15, -0.1) is 11.3 Å². The number of thiophene rings is 1. The molecule has 0 bridgehead atoms. The van der Waals surface area contributed by atoms with Gasteiger partial charge in [0.1, 0.15) is 10.6 Å². The SMILES string of the molecule is CCCCCCCCNC(=O)Nc1sc(CCCCCCC)cc1C(=O)OC(C)(C)C. The van der Waals surface area contributed by atoms with Crippen LogP contribution in [0.15, 0.2) is 6.07 Å². The molecule has 0 aliphatic rings. The topological polar surface area (TPSA) is 67.4 Å². The number of aryl methyl sites for hydroxylation is 1. The van der Waals surface area contributed by atoms with Crippen molar-refractivity contribution in [1.82, 2.24) is 5.32 Å². The summed E-state index contributed by atoms with van der Waals surface area (Å²) in [5, 5.41) is 6.39. The third-order valence-electron chi connectivity index (χ3n) is 4.97. The fraction of sp³-hybridized carbons (Fsp3) is 0.760. The highest BCUT2D eigenvalue weighted by Crippen LogP contribution is 2.31. The number of esters is 1. The van der Waals surface area contributed by atoms with Crippen LogP contribution < -0.4 is 10.6 Å². The molecule has 0 saturated heterocycles. The van der Waals surface area contributed by atoms with Gasteiger partial charge in [0.05, 0.1) is 5.56 Å². The van der Waals surface area contributed by atoms with E-state index in [1.54, 1.807) is 0 Å². The lowest BCUT2D eigenvalue weighted by Crippen LogP contribution is -2.30. The van der Waals surface area contributed by atoms with Gasteiger partial charge in [0, 0.05) is 11.4 Å². The first kappa shape index (κ1) is 27.5. The molecule has 0 radical (unpaired) electrons. The van der Waals surface area contributed by atoms with Gasteiger partial charge in [-0.2, -0.15) is 0 Å². The van der Waals surface area contributed by atoms with Crippen LogP contribution in [-0.4, -0.2) is 24.1 Å². The Balaban J connectivity index is 2.63. The number of hydrogen-bond donors (Lipinski definition) is 2.